The minimum atomic E-state index is -0.554. The molecule has 5 heteroatoms. The number of anilines is 2. The van der Waals surface area contributed by atoms with E-state index in [2.05, 4.69) is 0 Å². The highest BCUT2D eigenvalue weighted by Crippen LogP contribution is 2.35. The average Bonchev–Trinajstić information content (AvgIpc) is 2.46. The molecule has 0 saturated carbocycles. The van der Waals surface area contributed by atoms with Crippen LogP contribution in [0.4, 0.5) is 15.8 Å². The number of hydrogen-bond acceptors (Lipinski definition) is 3. The maximum absolute atomic E-state index is 13.1. The SMILES string of the molecule is CC1Oc2ccccc2N(Cc2ccc(F)cc2N)C1=O. The van der Waals surface area contributed by atoms with Crippen LogP contribution in [0.25, 0.3) is 0 Å². The van der Waals surface area contributed by atoms with Gasteiger partial charge in [-0.1, -0.05) is 18.2 Å². The summed E-state index contributed by atoms with van der Waals surface area (Å²) < 4.78 is 18.7. The Labute approximate surface area is 121 Å². The van der Waals surface area contributed by atoms with Gasteiger partial charge in [0.1, 0.15) is 11.6 Å². The molecule has 4 nitrogen and oxygen atoms in total. The molecule has 2 aromatic carbocycles. The predicted octanol–water partition coefficient (Wildman–Crippen LogP) is 2.72. The second-order valence-corrected chi connectivity index (χ2v) is 5.00. The Hall–Kier alpha value is -2.56. The van der Waals surface area contributed by atoms with E-state index in [4.69, 9.17) is 10.5 Å². The third-order valence-corrected chi connectivity index (χ3v) is 3.51. The van der Waals surface area contributed by atoms with Gasteiger partial charge in [0, 0.05) is 5.69 Å². The molecule has 0 bridgehead atoms. The monoisotopic (exact) mass is 286 g/mol. The lowest BCUT2D eigenvalue weighted by molar-refractivity contribution is -0.125. The van der Waals surface area contributed by atoms with Crippen molar-refractivity contribution in [2.24, 2.45) is 0 Å². The van der Waals surface area contributed by atoms with E-state index in [1.807, 2.05) is 24.3 Å². The van der Waals surface area contributed by atoms with Crippen LogP contribution in [-0.4, -0.2) is 12.0 Å². The summed E-state index contributed by atoms with van der Waals surface area (Å²) in [5.74, 6) is 0.126. The van der Waals surface area contributed by atoms with Crippen molar-refractivity contribution < 1.29 is 13.9 Å². The summed E-state index contributed by atoms with van der Waals surface area (Å²) in [7, 11) is 0. The number of nitrogens with zero attached hydrogens (tertiary/aromatic N) is 1. The molecule has 2 N–H and O–H groups in total. The molecule has 0 saturated heterocycles. The average molecular weight is 286 g/mol. The molecule has 2 aromatic rings. The third-order valence-electron chi connectivity index (χ3n) is 3.51. The standard InChI is InChI=1S/C16H15FN2O2/c1-10-16(20)19(14-4-2-3-5-15(14)21-10)9-11-6-7-12(17)8-13(11)18/h2-8,10H,9,18H2,1H3. The fraction of sp³-hybridized carbons (Fsp3) is 0.188. The first-order valence-electron chi connectivity index (χ1n) is 6.67. The summed E-state index contributed by atoms with van der Waals surface area (Å²) in [5, 5.41) is 0. The summed E-state index contributed by atoms with van der Waals surface area (Å²) in [6, 6.07) is 11.5. The van der Waals surface area contributed by atoms with E-state index >= 15 is 0 Å². The number of amides is 1. The molecule has 0 aromatic heterocycles. The van der Waals surface area contributed by atoms with Gasteiger partial charge in [-0.2, -0.15) is 0 Å². The van der Waals surface area contributed by atoms with Crippen LogP contribution in [0.2, 0.25) is 0 Å². The van der Waals surface area contributed by atoms with Crippen molar-refractivity contribution in [3.63, 3.8) is 0 Å². The molecular weight excluding hydrogens is 271 g/mol. The van der Waals surface area contributed by atoms with Crippen LogP contribution in [-0.2, 0) is 11.3 Å². The maximum Gasteiger partial charge on any atom is 0.268 e. The first-order chi connectivity index (χ1) is 10.1. The van der Waals surface area contributed by atoms with Crippen LogP contribution in [0.15, 0.2) is 42.5 Å². The summed E-state index contributed by atoms with van der Waals surface area (Å²) in [6.45, 7) is 1.99. The zero-order valence-electron chi connectivity index (χ0n) is 11.5. The number of ether oxygens (including phenoxy) is 1. The van der Waals surface area contributed by atoms with Crippen molar-refractivity contribution >= 4 is 17.3 Å². The van der Waals surface area contributed by atoms with Gasteiger partial charge in [0.2, 0.25) is 0 Å². The van der Waals surface area contributed by atoms with Crippen molar-refractivity contribution in [1.29, 1.82) is 0 Å². The minimum absolute atomic E-state index is 0.141. The van der Waals surface area contributed by atoms with E-state index < -0.39 is 11.9 Å². The number of carbonyl (C=O) groups is 1. The summed E-state index contributed by atoms with van der Waals surface area (Å²) in [6.07, 6.45) is -0.554. The van der Waals surface area contributed by atoms with E-state index in [0.717, 1.165) is 0 Å². The fourth-order valence-electron chi connectivity index (χ4n) is 2.40. The second kappa shape index (κ2) is 5.09. The summed E-state index contributed by atoms with van der Waals surface area (Å²) in [5.41, 5.74) is 7.56. The van der Waals surface area contributed by atoms with E-state index in [1.54, 1.807) is 17.9 Å². The van der Waals surface area contributed by atoms with Crippen LogP contribution >= 0.6 is 0 Å². The zero-order chi connectivity index (χ0) is 15.0. The number of para-hydroxylation sites is 2. The number of halogens is 1. The molecule has 1 amide bonds. The van der Waals surface area contributed by atoms with E-state index in [9.17, 15) is 9.18 Å². The quantitative estimate of drug-likeness (QED) is 0.864. The van der Waals surface area contributed by atoms with Gasteiger partial charge >= 0.3 is 0 Å². The lowest BCUT2D eigenvalue weighted by Crippen LogP contribution is -2.44. The molecule has 1 aliphatic rings. The van der Waals surface area contributed by atoms with Crippen molar-refractivity contribution in [3.8, 4) is 5.75 Å². The van der Waals surface area contributed by atoms with Gasteiger partial charge in [0.15, 0.2) is 6.10 Å². The normalized spacial score (nSPS) is 17.3. The highest BCUT2D eigenvalue weighted by atomic mass is 19.1. The van der Waals surface area contributed by atoms with Gasteiger partial charge in [-0.3, -0.25) is 4.79 Å². The molecule has 0 spiro atoms. The van der Waals surface area contributed by atoms with Crippen molar-refractivity contribution in [2.75, 3.05) is 10.6 Å². The number of fused-ring (bicyclic) bond motifs is 1. The van der Waals surface area contributed by atoms with Gasteiger partial charge in [-0.05, 0) is 36.8 Å². The Morgan fingerprint density at radius 1 is 1.29 bits per heavy atom. The molecule has 21 heavy (non-hydrogen) atoms. The molecular formula is C16H15FN2O2. The van der Waals surface area contributed by atoms with Gasteiger partial charge in [-0.15, -0.1) is 0 Å². The minimum Gasteiger partial charge on any atom is -0.479 e. The Bertz CT molecular complexity index is 702. The molecule has 0 fully saturated rings. The van der Waals surface area contributed by atoms with Crippen molar-refractivity contribution in [3.05, 3.63) is 53.8 Å². The number of benzene rings is 2. The molecule has 108 valence electrons. The largest absolute Gasteiger partial charge is 0.479 e. The van der Waals surface area contributed by atoms with Crippen molar-refractivity contribution in [1.82, 2.24) is 0 Å². The molecule has 3 rings (SSSR count). The predicted molar refractivity (Wildman–Crippen MR) is 78.5 cm³/mol. The summed E-state index contributed by atoms with van der Waals surface area (Å²) in [4.78, 5) is 14.0. The number of rotatable bonds is 2. The van der Waals surface area contributed by atoms with Gasteiger partial charge in [-0.25, -0.2) is 4.39 Å². The summed E-state index contributed by atoms with van der Waals surface area (Å²) >= 11 is 0. The maximum atomic E-state index is 13.1. The lowest BCUT2D eigenvalue weighted by atomic mass is 10.1. The Morgan fingerprint density at radius 2 is 2.05 bits per heavy atom. The number of hydrogen-bond donors (Lipinski definition) is 1. The van der Waals surface area contributed by atoms with Crippen LogP contribution in [0.3, 0.4) is 0 Å². The molecule has 1 atom stereocenters. The van der Waals surface area contributed by atoms with Crippen LogP contribution < -0.4 is 15.4 Å². The van der Waals surface area contributed by atoms with Gasteiger partial charge in [0.05, 0.1) is 12.2 Å². The van der Waals surface area contributed by atoms with Crippen LogP contribution in [0, 0.1) is 5.82 Å². The molecule has 0 aliphatic carbocycles. The van der Waals surface area contributed by atoms with E-state index in [0.29, 0.717) is 22.7 Å². The van der Waals surface area contributed by atoms with E-state index in [1.165, 1.54) is 12.1 Å². The molecule has 1 aliphatic heterocycles. The first kappa shape index (κ1) is 13.4. The van der Waals surface area contributed by atoms with Gasteiger partial charge < -0.3 is 15.4 Å². The zero-order valence-corrected chi connectivity index (χ0v) is 11.5. The lowest BCUT2D eigenvalue weighted by Gasteiger charge is -2.33. The van der Waals surface area contributed by atoms with Crippen LogP contribution in [0.5, 0.6) is 5.75 Å². The number of nitrogen functional groups attached to an aromatic ring is 1. The highest BCUT2D eigenvalue weighted by molar-refractivity contribution is 5.99. The number of nitrogens with two attached hydrogens (primary N) is 1. The van der Waals surface area contributed by atoms with E-state index in [-0.39, 0.29) is 12.5 Å². The molecule has 0 radical (unpaired) electrons. The highest BCUT2D eigenvalue weighted by Gasteiger charge is 2.31. The smallest absolute Gasteiger partial charge is 0.268 e. The molecule has 1 heterocycles. The van der Waals surface area contributed by atoms with Crippen LogP contribution in [0.1, 0.15) is 12.5 Å². The van der Waals surface area contributed by atoms with Gasteiger partial charge in [0.25, 0.3) is 5.91 Å². The molecule has 1 unspecified atom stereocenters. The Kier molecular flexibility index (Phi) is 3.25. The third kappa shape index (κ3) is 2.42. The Morgan fingerprint density at radius 3 is 2.81 bits per heavy atom. The Balaban J connectivity index is 1.99. The van der Waals surface area contributed by atoms with Crippen molar-refractivity contribution in [2.45, 2.75) is 19.6 Å². The topological polar surface area (TPSA) is 55.6 Å². The fourth-order valence-corrected chi connectivity index (χ4v) is 2.40. The first-order valence-corrected chi connectivity index (χ1v) is 6.67. The second-order valence-electron chi connectivity index (χ2n) is 5.00. The number of carbonyl (C=O) groups excluding carboxylic acids is 1.